The Hall–Kier alpha value is -4.04. The van der Waals surface area contributed by atoms with Crippen molar-refractivity contribution in [2.24, 2.45) is 7.05 Å². The van der Waals surface area contributed by atoms with Crippen LogP contribution in [0.1, 0.15) is 58.2 Å². The molecule has 4 aromatic rings. The summed E-state index contributed by atoms with van der Waals surface area (Å²) >= 11 is 0. The molecule has 0 bridgehead atoms. The first-order chi connectivity index (χ1) is 18.5. The third-order valence-electron chi connectivity index (χ3n) is 8.05. The van der Waals surface area contributed by atoms with Crippen LogP contribution in [0, 0.1) is 6.92 Å². The summed E-state index contributed by atoms with van der Waals surface area (Å²) < 4.78 is 12.5. The highest BCUT2D eigenvalue weighted by Crippen LogP contribution is 2.41. The highest BCUT2D eigenvalue weighted by molar-refractivity contribution is 5.81. The quantitative estimate of drug-likeness (QED) is 0.216. The number of para-hydroxylation sites is 1. The molecular weight excluding hydrogens is 480 g/mol. The number of carbonyl (C=O) groups excluding carboxylic acids is 2. The molecule has 1 aliphatic heterocycles. The molecule has 2 aliphatic rings. The number of benzene rings is 3. The number of aromatic nitrogens is 3. The fourth-order valence-electron chi connectivity index (χ4n) is 6.11. The highest BCUT2D eigenvalue weighted by Gasteiger charge is 2.31. The van der Waals surface area contributed by atoms with Crippen LogP contribution < -0.4 is 4.74 Å². The minimum Gasteiger partial charge on any atom is -0.492 e. The van der Waals surface area contributed by atoms with Gasteiger partial charge in [0, 0.05) is 37.7 Å². The minimum atomic E-state index is -0.554. The number of fused-ring (bicyclic) bond motifs is 3. The van der Waals surface area contributed by atoms with Crippen molar-refractivity contribution >= 4 is 23.5 Å². The Labute approximate surface area is 221 Å². The van der Waals surface area contributed by atoms with E-state index in [9.17, 15) is 9.59 Å². The van der Waals surface area contributed by atoms with Gasteiger partial charge in [-0.2, -0.15) is 0 Å². The molecule has 2 heterocycles. The van der Waals surface area contributed by atoms with E-state index in [1.54, 1.807) is 4.68 Å². The number of hydrogen-bond donors (Lipinski definition) is 0. The van der Waals surface area contributed by atoms with Crippen LogP contribution >= 0.6 is 0 Å². The van der Waals surface area contributed by atoms with Crippen LogP contribution in [0.4, 0.5) is 0 Å². The minimum absolute atomic E-state index is 0.0553. The number of rotatable bonds is 6. The molecule has 3 aromatic carbocycles. The van der Waals surface area contributed by atoms with E-state index in [2.05, 4.69) is 45.5 Å². The van der Waals surface area contributed by atoms with Crippen molar-refractivity contribution in [3.63, 3.8) is 0 Å². The maximum atomic E-state index is 12.6. The van der Waals surface area contributed by atoms with Gasteiger partial charge in [0.05, 0.1) is 11.9 Å². The molecule has 8 heteroatoms. The first-order valence-corrected chi connectivity index (χ1v) is 13.0. The van der Waals surface area contributed by atoms with Crippen molar-refractivity contribution in [2.45, 2.75) is 44.7 Å². The van der Waals surface area contributed by atoms with E-state index in [0.717, 1.165) is 59.4 Å². The SMILES string of the molecule is Cc1c(C(CC(=O)OC=O)c2ccc3c(c2)C(N2CCOc4ccccc4C2)CC3)ccc2c1nnn2C. The first kappa shape index (κ1) is 24.3. The number of ether oxygens (including phenoxy) is 2. The monoisotopic (exact) mass is 510 g/mol. The van der Waals surface area contributed by atoms with Crippen LogP contribution in [0.2, 0.25) is 0 Å². The van der Waals surface area contributed by atoms with Gasteiger partial charge in [0.25, 0.3) is 0 Å². The van der Waals surface area contributed by atoms with Crippen LogP contribution in [0.5, 0.6) is 5.75 Å². The van der Waals surface area contributed by atoms with Gasteiger partial charge in [0.1, 0.15) is 17.9 Å². The van der Waals surface area contributed by atoms with E-state index in [-0.39, 0.29) is 24.9 Å². The molecule has 1 aromatic heterocycles. The lowest BCUT2D eigenvalue weighted by Gasteiger charge is -2.28. The lowest BCUT2D eigenvalue weighted by Crippen LogP contribution is -2.29. The number of esters is 1. The second-order valence-corrected chi connectivity index (χ2v) is 10.1. The summed E-state index contributed by atoms with van der Waals surface area (Å²) in [6.07, 6.45) is 2.12. The molecule has 0 radical (unpaired) electrons. The Kier molecular flexibility index (Phi) is 6.41. The molecular formula is C30H30N4O4. The lowest BCUT2D eigenvalue weighted by atomic mass is 9.84. The smallest absolute Gasteiger partial charge is 0.314 e. The van der Waals surface area contributed by atoms with Gasteiger partial charge < -0.3 is 9.47 Å². The van der Waals surface area contributed by atoms with Crippen molar-refractivity contribution in [2.75, 3.05) is 13.2 Å². The van der Waals surface area contributed by atoms with Crippen molar-refractivity contribution in [3.8, 4) is 5.75 Å². The lowest BCUT2D eigenvalue weighted by molar-refractivity contribution is -0.151. The maximum absolute atomic E-state index is 12.6. The molecule has 38 heavy (non-hydrogen) atoms. The van der Waals surface area contributed by atoms with Crippen LogP contribution in [0.3, 0.4) is 0 Å². The van der Waals surface area contributed by atoms with Gasteiger partial charge in [-0.1, -0.05) is 47.7 Å². The second-order valence-electron chi connectivity index (χ2n) is 10.1. The third kappa shape index (κ3) is 4.35. The van der Waals surface area contributed by atoms with Gasteiger partial charge in [-0.3, -0.25) is 14.5 Å². The van der Waals surface area contributed by atoms with Gasteiger partial charge in [-0.25, -0.2) is 4.68 Å². The molecule has 0 spiro atoms. The normalized spacial score (nSPS) is 17.8. The number of aryl methyl sites for hydroxylation is 3. The summed E-state index contributed by atoms with van der Waals surface area (Å²) in [5.74, 6) is 0.126. The van der Waals surface area contributed by atoms with Crippen molar-refractivity contribution < 1.29 is 19.1 Å². The molecule has 0 saturated carbocycles. The molecule has 1 aliphatic carbocycles. The maximum Gasteiger partial charge on any atom is 0.314 e. The number of hydrogen-bond acceptors (Lipinski definition) is 7. The van der Waals surface area contributed by atoms with Gasteiger partial charge in [0.15, 0.2) is 0 Å². The topological polar surface area (TPSA) is 86.6 Å². The summed E-state index contributed by atoms with van der Waals surface area (Å²) in [5.41, 5.74) is 8.55. The summed E-state index contributed by atoms with van der Waals surface area (Å²) in [7, 11) is 1.86. The Morgan fingerprint density at radius 2 is 2.05 bits per heavy atom. The van der Waals surface area contributed by atoms with E-state index in [0.29, 0.717) is 6.61 Å². The van der Waals surface area contributed by atoms with E-state index in [4.69, 9.17) is 9.47 Å². The fourth-order valence-corrected chi connectivity index (χ4v) is 6.11. The van der Waals surface area contributed by atoms with E-state index >= 15 is 0 Å². The molecule has 0 amide bonds. The molecule has 0 saturated heterocycles. The van der Waals surface area contributed by atoms with Crippen molar-refractivity contribution in [1.82, 2.24) is 19.9 Å². The molecule has 194 valence electrons. The molecule has 0 N–H and O–H groups in total. The Balaban J connectivity index is 1.38. The van der Waals surface area contributed by atoms with Gasteiger partial charge in [-0.05, 0) is 59.7 Å². The summed E-state index contributed by atoms with van der Waals surface area (Å²) in [5, 5.41) is 8.52. The Morgan fingerprint density at radius 1 is 1.18 bits per heavy atom. The molecule has 0 fully saturated rings. The summed E-state index contributed by atoms with van der Waals surface area (Å²) in [6.45, 7) is 4.55. The Morgan fingerprint density at radius 3 is 2.92 bits per heavy atom. The second kappa shape index (κ2) is 10.0. The fraction of sp³-hybridized carbons (Fsp3) is 0.333. The van der Waals surface area contributed by atoms with Crippen LogP contribution in [-0.4, -0.2) is 45.5 Å². The van der Waals surface area contributed by atoms with Crippen molar-refractivity contribution in [3.05, 3.63) is 88.0 Å². The number of nitrogens with zero attached hydrogens (tertiary/aromatic N) is 4. The van der Waals surface area contributed by atoms with Crippen LogP contribution in [-0.2, 0) is 34.3 Å². The van der Waals surface area contributed by atoms with Crippen molar-refractivity contribution in [1.29, 1.82) is 0 Å². The zero-order valence-corrected chi connectivity index (χ0v) is 21.6. The average Bonchev–Trinajstić information content (AvgIpc) is 3.44. The molecule has 6 rings (SSSR count). The van der Waals surface area contributed by atoms with Gasteiger partial charge in [0.2, 0.25) is 0 Å². The largest absolute Gasteiger partial charge is 0.492 e. The molecule has 2 unspecified atom stereocenters. The predicted octanol–water partition coefficient (Wildman–Crippen LogP) is 4.38. The Bertz CT molecular complexity index is 1530. The zero-order chi connectivity index (χ0) is 26.2. The van der Waals surface area contributed by atoms with E-state index in [1.165, 1.54) is 16.7 Å². The van der Waals surface area contributed by atoms with Crippen LogP contribution in [0.25, 0.3) is 11.0 Å². The summed E-state index contributed by atoms with van der Waals surface area (Å²) in [6, 6.07) is 19.1. The van der Waals surface area contributed by atoms with Gasteiger partial charge >= 0.3 is 12.4 Å². The first-order valence-electron chi connectivity index (χ1n) is 13.0. The third-order valence-corrected chi connectivity index (χ3v) is 8.05. The standard InChI is InChI=1S/C30H30N4O4/c1-19-23(10-12-27-30(19)31-32-33(27)2)24(16-29(36)38-18-35)21-8-7-20-9-11-26(25(20)15-21)34-13-14-37-28-6-4-3-5-22(28)17-34/h3-8,10,12,15,18,24,26H,9,11,13-14,16-17H2,1-2H3. The zero-order valence-electron chi connectivity index (χ0n) is 21.6. The summed E-state index contributed by atoms with van der Waals surface area (Å²) in [4.78, 5) is 26.0. The molecule has 2 atom stereocenters. The molecule has 8 nitrogen and oxygen atoms in total. The van der Waals surface area contributed by atoms with Gasteiger partial charge in [-0.15, -0.1) is 5.10 Å². The highest BCUT2D eigenvalue weighted by atomic mass is 16.6. The van der Waals surface area contributed by atoms with E-state index in [1.807, 2.05) is 38.2 Å². The predicted molar refractivity (Wildman–Crippen MR) is 142 cm³/mol. The number of carbonyl (C=O) groups is 2. The average molecular weight is 511 g/mol. The van der Waals surface area contributed by atoms with E-state index < -0.39 is 5.97 Å². The van der Waals surface area contributed by atoms with Crippen LogP contribution in [0.15, 0.2) is 54.6 Å².